The third-order valence-corrected chi connectivity index (χ3v) is 4.11. The van der Waals surface area contributed by atoms with E-state index in [9.17, 15) is 4.79 Å². The lowest BCUT2D eigenvalue weighted by Gasteiger charge is -2.18. The Hall–Kier alpha value is -1.55. The number of benzene rings is 1. The van der Waals surface area contributed by atoms with Crippen molar-refractivity contribution in [1.82, 2.24) is 5.32 Å². The van der Waals surface area contributed by atoms with Crippen LogP contribution in [0.25, 0.3) is 0 Å². The van der Waals surface area contributed by atoms with Crippen molar-refractivity contribution < 1.29 is 4.79 Å². The van der Waals surface area contributed by atoms with Gasteiger partial charge in [-0.3, -0.25) is 4.79 Å². The second kappa shape index (κ2) is 6.75. The van der Waals surface area contributed by atoms with Crippen LogP contribution in [0.5, 0.6) is 0 Å². The average molecular weight is 275 g/mol. The van der Waals surface area contributed by atoms with E-state index in [1.54, 1.807) is 0 Å². The minimum absolute atomic E-state index is 0.112. The normalized spacial score (nSPS) is 21.8. The molecule has 1 fully saturated rings. The maximum Gasteiger partial charge on any atom is 0.220 e. The molecule has 0 saturated heterocycles. The molecule has 0 aliphatic heterocycles. The van der Waals surface area contributed by atoms with Crippen LogP contribution in [0.1, 0.15) is 31.2 Å². The summed E-state index contributed by atoms with van der Waals surface area (Å²) < 4.78 is 0. The highest BCUT2D eigenvalue weighted by Crippen LogP contribution is 2.26. The van der Waals surface area contributed by atoms with Gasteiger partial charge in [0.15, 0.2) is 0 Å². The maximum absolute atomic E-state index is 12.0. The number of rotatable bonds is 5. The van der Waals surface area contributed by atoms with Crippen molar-refractivity contribution in [2.45, 2.75) is 38.3 Å². The summed E-state index contributed by atoms with van der Waals surface area (Å²) in [5.41, 5.74) is 8.30. The van der Waals surface area contributed by atoms with Crippen molar-refractivity contribution in [2.24, 2.45) is 11.7 Å². The van der Waals surface area contributed by atoms with Crippen LogP contribution in [-0.4, -0.2) is 26.0 Å². The van der Waals surface area contributed by atoms with Gasteiger partial charge >= 0.3 is 0 Å². The molecule has 0 bridgehead atoms. The Morgan fingerprint density at radius 2 is 2.10 bits per heavy atom. The highest BCUT2D eigenvalue weighted by molar-refractivity contribution is 5.76. The van der Waals surface area contributed by atoms with Gasteiger partial charge in [0.05, 0.1) is 0 Å². The summed E-state index contributed by atoms with van der Waals surface area (Å²) in [6.45, 7) is 0.579. The minimum Gasteiger partial charge on any atom is -0.377 e. The predicted octanol–water partition coefficient (Wildman–Crippen LogP) is 1.89. The van der Waals surface area contributed by atoms with Gasteiger partial charge < -0.3 is 16.0 Å². The van der Waals surface area contributed by atoms with E-state index in [0.717, 1.165) is 30.5 Å². The van der Waals surface area contributed by atoms with E-state index < -0.39 is 0 Å². The van der Waals surface area contributed by atoms with Crippen LogP contribution >= 0.6 is 0 Å². The number of hydrogen-bond acceptors (Lipinski definition) is 3. The fourth-order valence-corrected chi connectivity index (χ4v) is 2.92. The van der Waals surface area contributed by atoms with Gasteiger partial charge in [-0.1, -0.05) is 24.6 Å². The zero-order valence-corrected chi connectivity index (χ0v) is 12.4. The number of carbonyl (C=O) groups excluding carboxylic acids is 1. The third kappa shape index (κ3) is 3.73. The van der Waals surface area contributed by atoms with E-state index in [4.69, 9.17) is 5.73 Å². The van der Waals surface area contributed by atoms with Crippen molar-refractivity contribution >= 4 is 11.6 Å². The smallest absolute Gasteiger partial charge is 0.220 e. The summed E-state index contributed by atoms with van der Waals surface area (Å²) in [5, 5.41) is 3.02. The van der Waals surface area contributed by atoms with Crippen LogP contribution in [-0.2, 0) is 11.3 Å². The summed E-state index contributed by atoms with van der Waals surface area (Å²) >= 11 is 0. The first-order valence-corrected chi connectivity index (χ1v) is 7.35. The van der Waals surface area contributed by atoms with Crippen LogP contribution < -0.4 is 16.0 Å². The van der Waals surface area contributed by atoms with Crippen molar-refractivity contribution in [1.29, 1.82) is 0 Å². The maximum atomic E-state index is 12.0. The Labute approximate surface area is 121 Å². The predicted molar refractivity (Wildman–Crippen MR) is 82.5 cm³/mol. The summed E-state index contributed by atoms with van der Waals surface area (Å²) in [5.74, 6) is 0.472. The summed E-state index contributed by atoms with van der Waals surface area (Å²) in [6.07, 6.45) is 3.86. The Morgan fingerprint density at radius 3 is 2.75 bits per heavy atom. The first-order chi connectivity index (χ1) is 9.58. The van der Waals surface area contributed by atoms with Gasteiger partial charge in [0.25, 0.3) is 0 Å². The second-order valence-corrected chi connectivity index (χ2v) is 5.86. The number of nitrogens with two attached hydrogens (primary N) is 1. The summed E-state index contributed by atoms with van der Waals surface area (Å²) in [7, 11) is 4.02. The van der Waals surface area contributed by atoms with Gasteiger partial charge in [-0.15, -0.1) is 0 Å². The van der Waals surface area contributed by atoms with Crippen LogP contribution in [0.15, 0.2) is 24.3 Å². The van der Waals surface area contributed by atoms with Gasteiger partial charge in [0.2, 0.25) is 5.91 Å². The second-order valence-electron chi connectivity index (χ2n) is 5.86. The molecule has 1 aromatic rings. The summed E-state index contributed by atoms with van der Waals surface area (Å²) in [4.78, 5) is 14.1. The van der Waals surface area contributed by atoms with Gasteiger partial charge in [-0.05, 0) is 30.4 Å². The molecule has 0 unspecified atom stereocenters. The van der Waals surface area contributed by atoms with Crippen LogP contribution in [0.3, 0.4) is 0 Å². The summed E-state index contributed by atoms with van der Waals surface area (Å²) in [6, 6.07) is 8.33. The van der Waals surface area contributed by atoms with Crippen molar-refractivity contribution in [3.05, 3.63) is 29.8 Å². The molecule has 0 spiro atoms. The van der Waals surface area contributed by atoms with Crippen molar-refractivity contribution in [3.63, 3.8) is 0 Å². The molecule has 3 N–H and O–H groups in total. The van der Waals surface area contributed by atoms with E-state index >= 15 is 0 Å². The van der Waals surface area contributed by atoms with E-state index in [0.29, 0.717) is 18.9 Å². The lowest BCUT2D eigenvalue weighted by atomic mass is 10.00. The van der Waals surface area contributed by atoms with E-state index in [-0.39, 0.29) is 11.9 Å². The Bertz CT molecular complexity index is 459. The Kier molecular flexibility index (Phi) is 5.01. The van der Waals surface area contributed by atoms with Crippen LogP contribution in [0, 0.1) is 5.92 Å². The molecule has 0 aromatic heterocycles. The van der Waals surface area contributed by atoms with Gasteiger partial charge in [-0.25, -0.2) is 0 Å². The van der Waals surface area contributed by atoms with E-state index in [1.165, 1.54) is 0 Å². The Balaban J connectivity index is 1.87. The van der Waals surface area contributed by atoms with Crippen LogP contribution in [0.2, 0.25) is 0 Å². The molecular weight excluding hydrogens is 250 g/mol. The monoisotopic (exact) mass is 275 g/mol. The lowest BCUT2D eigenvalue weighted by Crippen LogP contribution is -2.31. The van der Waals surface area contributed by atoms with E-state index in [1.807, 2.05) is 26.2 Å². The number of amides is 1. The van der Waals surface area contributed by atoms with E-state index in [2.05, 4.69) is 22.3 Å². The SMILES string of the molecule is CN(C)c1ccccc1CNC(=O)C[C@@H]1CCC[C@H]1N. The molecule has 1 saturated carbocycles. The molecule has 4 heteroatoms. The fraction of sp³-hybridized carbons (Fsp3) is 0.562. The highest BCUT2D eigenvalue weighted by Gasteiger charge is 2.25. The lowest BCUT2D eigenvalue weighted by molar-refractivity contribution is -0.122. The van der Waals surface area contributed by atoms with Gasteiger partial charge in [0, 0.05) is 38.8 Å². The Morgan fingerprint density at radius 1 is 1.35 bits per heavy atom. The molecule has 2 atom stereocenters. The van der Waals surface area contributed by atoms with Gasteiger partial charge in [-0.2, -0.15) is 0 Å². The van der Waals surface area contributed by atoms with Gasteiger partial charge in [0.1, 0.15) is 0 Å². The van der Waals surface area contributed by atoms with Crippen LogP contribution in [0.4, 0.5) is 5.69 Å². The topological polar surface area (TPSA) is 58.4 Å². The number of nitrogens with one attached hydrogen (secondary N) is 1. The molecule has 4 nitrogen and oxygen atoms in total. The zero-order valence-electron chi connectivity index (χ0n) is 12.4. The largest absolute Gasteiger partial charge is 0.377 e. The number of anilines is 1. The molecule has 20 heavy (non-hydrogen) atoms. The van der Waals surface area contributed by atoms with Crippen molar-refractivity contribution in [2.75, 3.05) is 19.0 Å². The molecule has 1 amide bonds. The molecule has 110 valence electrons. The molecular formula is C16H25N3O. The first-order valence-electron chi connectivity index (χ1n) is 7.35. The molecule has 2 rings (SSSR count). The fourth-order valence-electron chi connectivity index (χ4n) is 2.92. The zero-order chi connectivity index (χ0) is 14.5. The number of nitrogens with zero attached hydrogens (tertiary/aromatic N) is 1. The molecule has 1 aliphatic rings. The molecule has 0 heterocycles. The quantitative estimate of drug-likeness (QED) is 0.862. The standard InChI is InChI=1S/C16H25N3O/c1-19(2)15-9-4-3-6-13(15)11-18-16(20)10-12-7-5-8-14(12)17/h3-4,6,9,12,14H,5,7-8,10-11,17H2,1-2H3,(H,18,20)/t12-,14+/m0/s1. The number of para-hydroxylation sites is 1. The average Bonchev–Trinajstić information content (AvgIpc) is 2.82. The molecule has 1 aromatic carbocycles. The number of hydrogen-bond donors (Lipinski definition) is 2. The number of carbonyl (C=O) groups is 1. The third-order valence-electron chi connectivity index (χ3n) is 4.11. The minimum atomic E-state index is 0.112. The van der Waals surface area contributed by atoms with Crippen molar-refractivity contribution in [3.8, 4) is 0 Å². The molecule has 1 aliphatic carbocycles. The first kappa shape index (κ1) is 14.9. The highest BCUT2D eigenvalue weighted by atomic mass is 16.1. The molecule has 0 radical (unpaired) electrons.